The molecule has 1 aromatic heterocycles. The Morgan fingerprint density at radius 3 is 2.34 bits per heavy atom. The van der Waals surface area contributed by atoms with E-state index in [2.05, 4.69) is 15.2 Å². The highest BCUT2D eigenvalue weighted by molar-refractivity contribution is 7.89. The normalized spacial score (nSPS) is 12.3. The van der Waals surface area contributed by atoms with E-state index in [1.54, 1.807) is 66.7 Å². The summed E-state index contributed by atoms with van der Waals surface area (Å²) in [5, 5.41) is 14.7. The molecule has 194 valence electrons. The molecule has 0 radical (unpaired) electrons. The van der Waals surface area contributed by atoms with Gasteiger partial charge >= 0.3 is 0 Å². The summed E-state index contributed by atoms with van der Waals surface area (Å²) in [7, 11) is -3.89. The lowest BCUT2D eigenvalue weighted by Gasteiger charge is -2.18. The third-order valence-corrected chi connectivity index (χ3v) is 7.08. The summed E-state index contributed by atoms with van der Waals surface area (Å²) in [6, 6.07) is 23.6. The lowest BCUT2D eigenvalue weighted by atomic mass is 10.0. The van der Waals surface area contributed by atoms with Gasteiger partial charge in [0.05, 0.1) is 22.1 Å². The average molecular weight is 533 g/mol. The van der Waals surface area contributed by atoms with Crippen LogP contribution in [0.15, 0.2) is 105 Å². The number of nitrogens with one attached hydrogen (secondary N) is 2. The van der Waals surface area contributed by atoms with Crippen LogP contribution in [0.3, 0.4) is 0 Å². The molecule has 4 aromatic rings. The van der Waals surface area contributed by atoms with Crippen molar-refractivity contribution < 1.29 is 22.6 Å². The van der Waals surface area contributed by atoms with Gasteiger partial charge in [0.2, 0.25) is 15.9 Å². The molecule has 1 amide bonds. The zero-order valence-corrected chi connectivity index (χ0v) is 21.1. The molecule has 0 fully saturated rings. The first kappa shape index (κ1) is 26.5. The van der Waals surface area contributed by atoms with Gasteiger partial charge in [-0.25, -0.2) is 18.6 Å². The van der Waals surface area contributed by atoms with E-state index in [1.807, 2.05) is 6.92 Å². The minimum absolute atomic E-state index is 0.0280. The number of hydrogen-bond donors (Lipinski definition) is 2. The highest BCUT2D eigenvalue weighted by Crippen LogP contribution is 2.24. The quantitative estimate of drug-likeness (QED) is 0.172. The fourth-order valence-corrected chi connectivity index (χ4v) is 4.83. The number of carbonyl (C=O) groups is 1. The maximum absolute atomic E-state index is 13.0. The molecule has 1 heterocycles. The zero-order valence-electron chi connectivity index (χ0n) is 20.3. The molecule has 0 saturated carbocycles. The number of nitrogens with zero attached hydrogens (tertiary/aromatic N) is 2. The van der Waals surface area contributed by atoms with Gasteiger partial charge < -0.3 is 4.42 Å². The van der Waals surface area contributed by atoms with Crippen LogP contribution in [0.5, 0.6) is 0 Å². The Balaban J connectivity index is 1.41. The Kier molecular flexibility index (Phi) is 8.09. The SMILES string of the molecule is Cc1ccc(S(=O)(=O)N[C@H](CC(=O)N/N=C\c2ccc(-c3ccc([N+](=O)[O-])cc3)o2)c2ccccc2)cc1. The molecule has 0 saturated heterocycles. The Morgan fingerprint density at radius 2 is 1.68 bits per heavy atom. The van der Waals surface area contributed by atoms with Crippen molar-refractivity contribution in [1.82, 2.24) is 10.1 Å². The second kappa shape index (κ2) is 11.6. The number of aryl methyl sites for hydroxylation is 1. The molecule has 0 bridgehead atoms. The molecule has 0 aliphatic rings. The van der Waals surface area contributed by atoms with Crippen LogP contribution in [0.2, 0.25) is 0 Å². The molecule has 0 aliphatic carbocycles. The van der Waals surface area contributed by atoms with E-state index in [1.165, 1.54) is 30.5 Å². The molecule has 1 atom stereocenters. The van der Waals surface area contributed by atoms with E-state index in [9.17, 15) is 23.3 Å². The summed E-state index contributed by atoms with van der Waals surface area (Å²) < 4.78 is 34.2. The predicted molar refractivity (Wildman–Crippen MR) is 142 cm³/mol. The fourth-order valence-electron chi connectivity index (χ4n) is 3.61. The first-order valence-corrected chi connectivity index (χ1v) is 13.0. The molecule has 11 heteroatoms. The van der Waals surface area contributed by atoms with Crippen molar-refractivity contribution >= 4 is 27.8 Å². The molecule has 0 unspecified atom stereocenters. The first-order chi connectivity index (χ1) is 18.2. The summed E-state index contributed by atoms with van der Waals surface area (Å²) in [4.78, 5) is 23.1. The van der Waals surface area contributed by atoms with Crippen LogP contribution < -0.4 is 10.1 Å². The van der Waals surface area contributed by atoms with Crippen LogP contribution in [0, 0.1) is 17.0 Å². The smallest absolute Gasteiger partial charge is 0.269 e. The van der Waals surface area contributed by atoms with Crippen LogP contribution in [-0.4, -0.2) is 25.5 Å². The van der Waals surface area contributed by atoms with Crippen LogP contribution in [-0.2, 0) is 14.8 Å². The third-order valence-electron chi connectivity index (χ3n) is 5.59. The molecule has 38 heavy (non-hydrogen) atoms. The molecule has 0 aliphatic heterocycles. The topological polar surface area (TPSA) is 144 Å². The minimum atomic E-state index is -3.89. The number of rotatable bonds is 10. The van der Waals surface area contributed by atoms with Crippen LogP contribution >= 0.6 is 0 Å². The highest BCUT2D eigenvalue weighted by Gasteiger charge is 2.23. The van der Waals surface area contributed by atoms with E-state index in [4.69, 9.17) is 4.42 Å². The summed E-state index contributed by atoms with van der Waals surface area (Å²) in [5.41, 5.74) is 4.56. The van der Waals surface area contributed by atoms with Crippen molar-refractivity contribution in [2.75, 3.05) is 0 Å². The second-order valence-electron chi connectivity index (χ2n) is 8.40. The number of hydrazone groups is 1. The summed E-state index contributed by atoms with van der Waals surface area (Å²) >= 11 is 0. The Hall–Kier alpha value is -4.61. The number of nitro groups is 1. The number of sulfonamides is 1. The summed E-state index contributed by atoms with van der Waals surface area (Å²) in [5.74, 6) is 0.310. The van der Waals surface area contributed by atoms with Gasteiger partial charge in [0, 0.05) is 24.1 Å². The number of nitro benzene ring substituents is 1. The predicted octanol–water partition coefficient (Wildman–Crippen LogP) is 4.72. The van der Waals surface area contributed by atoms with Crippen LogP contribution in [0.25, 0.3) is 11.3 Å². The van der Waals surface area contributed by atoms with E-state index in [0.29, 0.717) is 22.6 Å². The largest absolute Gasteiger partial charge is 0.455 e. The van der Waals surface area contributed by atoms with Gasteiger partial charge in [-0.3, -0.25) is 14.9 Å². The Morgan fingerprint density at radius 1 is 1.00 bits per heavy atom. The number of furan rings is 1. The van der Waals surface area contributed by atoms with Gasteiger partial charge in [-0.2, -0.15) is 5.10 Å². The van der Waals surface area contributed by atoms with Crippen LogP contribution in [0.4, 0.5) is 5.69 Å². The molecular weight excluding hydrogens is 508 g/mol. The van der Waals surface area contributed by atoms with Crippen molar-refractivity contribution in [3.05, 3.63) is 118 Å². The Bertz CT molecular complexity index is 1550. The molecule has 0 spiro atoms. The number of amides is 1. The molecule has 2 N–H and O–H groups in total. The van der Waals surface area contributed by atoms with Crippen LogP contribution in [0.1, 0.15) is 29.3 Å². The minimum Gasteiger partial charge on any atom is -0.455 e. The van der Waals surface area contributed by atoms with Gasteiger partial charge in [-0.1, -0.05) is 48.0 Å². The van der Waals surface area contributed by atoms with Crippen molar-refractivity contribution in [2.24, 2.45) is 5.10 Å². The van der Waals surface area contributed by atoms with E-state index in [-0.39, 0.29) is 17.0 Å². The van der Waals surface area contributed by atoms with Gasteiger partial charge in [0.1, 0.15) is 11.5 Å². The van der Waals surface area contributed by atoms with Crippen molar-refractivity contribution in [3.63, 3.8) is 0 Å². The lowest BCUT2D eigenvalue weighted by molar-refractivity contribution is -0.384. The fraction of sp³-hybridized carbons (Fsp3) is 0.111. The summed E-state index contributed by atoms with van der Waals surface area (Å²) in [6.07, 6.45) is 1.11. The molecule has 4 rings (SSSR count). The van der Waals surface area contributed by atoms with Gasteiger partial charge in [0.15, 0.2) is 0 Å². The third kappa shape index (κ3) is 6.78. The average Bonchev–Trinajstić information content (AvgIpc) is 3.38. The van der Waals surface area contributed by atoms with E-state index >= 15 is 0 Å². The maximum atomic E-state index is 13.0. The van der Waals surface area contributed by atoms with Crippen molar-refractivity contribution in [1.29, 1.82) is 0 Å². The molecular formula is C27H24N4O6S. The van der Waals surface area contributed by atoms with Crippen molar-refractivity contribution in [3.8, 4) is 11.3 Å². The van der Waals surface area contributed by atoms with Crippen molar-refractivity contribution in [2.45, 2.75) is 24.3 Å². The zero-order chi connectivity index (χ0) is 27.1. The standard InChI is InChI=1S/C27H24N4O6S/c1-19-7-14-24(15-8-19)38(35,36)30-25(20-5-3-2-4-6-20)17-27(32)29-28-18-23-13-16-26(37-23)21-9-11-22(12-10-21)31(33)34/h2-16,18,25,30H,17H2,1H3,(H,29,32)/b28-18-/t25-/m1/s1. The molecule has 3 aromatic carbocycles. The number of benzene rings is 3. The number of non-ortho nitro benzene ring substituents is 1. The highest BCUT2D eigenvalue weighted by atomic mass is 32.2. The van der Waals surface area contributed by atoms with Gasteiger partial charge in [-0.05, 0) is 48.9 Å². The first-order valence-electron chi connectivity index (χ1n) is 11.5. The monoisotopic (exact) mass is 532 g/mol. The maximum Gasteiger partial charge on any atom is 0.269 e. The summed E-state index contributed by atoms with van der Waals surface area (Å²) in [6.45, 7) is 1.86. The van der Waals surface area contributed by atoms with E-state index < -0.39 is 26.9 Å². The van der Waals surface area contributed by atoms with Gasteiger partial charge in [0.25, 0.3) is 5.69 Å². The van der Waals surface area contributed by atoms with E-state index in [0.717, 1.165) is 5.56 Å². The number of carbonyl (C=O) groups excluding carboxylic acids is 1. The van der Waals surface area contributed by atoms with Gasteiger partial charge in [-0.15, -0.1) is 0 Å². The Labute approximate surface area is 219 Å². The molecule has 10 nitrogen and oxygen atoms in total. The number of hydrogen-bond acceptors (Lipinski definition) is 7. The lowest BCUT2D eigenvalue weighted by Crippen LogP contribution is -2.32. The second-order valence-corrected chi connectivity index (χ2v) is 10.1.